The first-order valence-corrected chi connectivity index (χ1v) is 6.91. The third-order valence-electron chi connectivity index (χ3n) is 3.10. The van der Waals surface area contributed by atoms with Crippen molar-refractivity contribution in [2.45, 2.75) is 26.2 Å². The van der Waals surface area contributed by atoms with E-state index in [1.807, 2.05) is 30.3 Å². The van der Waals surface area contributed by atoms with Crippen molar-refractivity contribution in [3.05, 3.63) is 64.7 Å². The van der Waals surface area contributed by atoms with E-state index in [0.717, 1.165) is 0 Å². The zero-order valence-electron chi connectivity index (χ0n) is 11.9. The Balaban J connectivity index is 2.14. The summed E-state index contributed by atoms with van der Waals surface area (Å²) in [5.74, 6) is -0.132. The first-order chi connectivity index (χ1) is 9.36. The van der Waals surface area contributed by atoms with Gasteiger partial charge in [0.1, 0.15) is 0 Å². The van der Waals surface area contributed by atoms with Crippen molar-refractivity contribution < 1.29 is 4.79 Å². The second kappa shape index (κ2) is 5.68. The van der Waals surface area contributed by atoms with E-state index in [2.05, 4.69) is 26.1 Å². The van der Waals surface area contributed by atoms with Gasteiger partial charge in [0, 0.05) is 16.3 Å². The molecule has 20 heavy (non-hydrogen) atoms. The van der Waals surface area contributed by atoms with Crippen LogP contribution in [0.2, 0.25) is 5.02 Å². The van der Waals surface area contributed by atoms with Crippen LogP contribution in [0.1, 0.15) is 36.7 Å². The number of anilines is 1. The standard InChI is InChI=1S/C17H18ClNO/c1-17(2,3)13-9-7-12(8-10-13)16(20)19-15-6-4-5-14(18)11-15/h4-11H,1-3H3,(H,19,20). The molecule has 0 bridgehead atoms. The maximum Gasteiger partial charge on any atom is 0.255 e. The lowest BCUT2D eigenvalue weighted by Crippen LogP contribution is -2.14. The average Bonchev–Trinajstić information content (AvgIpc) is 2.38. The Bertz CT molecular complexity index is 612. The number of nitrogens with one attached hydrogen (secondary N) is 1. The van der Waals surface area contributed by atoms with Crippen LogP contribution in [0.15, 0.2) is 48.5 Å². The summed E-state index contributed by atoms with van der Waals surface area (Å²) >= 11 is 5.89. The lowest BCUT2D eigenvalue weighted by molar-refractivity contribution is 0.102. The van der Waals surface area contributed by atoms with Gasteiger partial charge in [-0.3, -0.25) is 4.79 Å². The molecule has 1 N–H and O–H groups in total. The molecule has 3 heteroatoms. The first-order valence-electron chi connectivity index (χ1n) is 6.54. The highest BCUT2D eigenvalue weighted by atomic mass is 35.5. The Hall–Kier alpha value is -1.80. The van der Waals surface area contributed by atoms with E-state index in [9.17, 15) is 4.79 Å². The van der Waals surface area contributed by atoms with Crippen LogP contribution in [0.4, 0.5) is 5.69 Å². The van der Waals surface area contributed by atoms with Crippen molar-refractivity contribution in [3.8, 4) is 0 Å². The quantitative estimate of drug-likeness (QED) is 0.837. The van der Waals surface area contributed by atoms with Crippen LogP contribution in [-0.2, 0) is 5.41 Å². The number of rotatable bonds is 2. The van der Waals surface area contributed by atoms with E-state index in [-0.39, 0.29) is 11.3 Å². The van der Waals surface area contributed by atoms with E-state index < -0.39 is 0 Å². The fraction of sp³-hybridized carbons (Fsp3) is 0.235. The van der Waals surface area contributed by atoms with Crippen LogP contribution in [-0.4, -0.2) is 5.91 Å². The smallest absolute Gasteiger partial charge is 0.255 e. The van der Waals surface area contributed by atoms with Crippen LogP contribution in [0.3, 0.4) is 0 Å². The van der Waals surface area contributed by atoms with Crippen molar-refractivity contribution in [1.82, 2.24) is 0 Å². The molecular weight excluding hydrogens is 270 g/mol. The molecule has 0 saturated carbocycles. The maximum atomic E-state index is 12.1. The Morgan fingerprint density at radius 3 is 2.25 bits per heavy atom. The lowest BCUT2D eigenvalue weighted by atomic mass is 9.87. The highest BCUT2D eigenvalue weighted by molar-refractivity contribution is 6.30. The van der Waals surface area contributed by atoms with E-state index >= 15 is 0 Å². The first kappa shape index (κ1) is 14.6. The second-order valence-electron chi connectivity index (χ2n) is 5.79. The van der Waals surface area contributed by atoms with Gasteiger partial charge in [0.05, 0.1) is 0 Å². The van der Waals surface area contributed by atoms with Gasteiger partial charge in [-0.15, -0.1) is 0 Å². The van der Waals surface area contributed by atoms with E-state index in [0.29, 0.717) is 16.3 Å². The summed E-state index contributed by atoms with van der Waals surface area (Å²) < 4.78 is 0. The Labute approximate surface area is 124 Å². The van der Waals surface area contributed by atoms with Crippen molar-refractivity contribution in [2.75, 3.05) is 5.32 Å². The molecule has 2 aromatic rings. The van der Waals surface area contributed by atoms with Crippen LogP contribution in [0.25, 0.3) is 0 Å². The van der Waals surface area contributed by atoms with Gasteiger partial charge in [0.25, 0.3) is 5.91 Å². The van der Waals surface area contributed by atoms with E-state index in [1.165, 1.54) is 5.56 Å². The molecular formula is C17H18ClNO. The molecule has 0 aliphatic heterocycles. The molecule has 0 atom stereocenters. The number of halogens is 1. The Kier molecular flexibility index (Phi) is 4.15. The molecule has 0 aromatic heterocycles. The van der Waals surface area contributed by atoms with Gasteiger partial charge >= 0.3 is 0 Å². The zero-order valence-corrected chi connectivity index (χ0v) is 12.7. The molecule has 0 unspecified atom stereocenters. The van der Waals surface area contributed by atoms with Crippen molar-refractivity contribution in [1.29, 1.82) is 0 Å². The van der Waals surface area contributed by atoms with Crippen LogP contribution >= 0.6 is 11.6 Å². The minimum atomic E-state index is -0.132. The maximum absolute atomic E-state index is 12.1. The molecule has 104 valence electrons. The third kappa shape index (κ3) is 3.61. The summed E-state index contributed by atoms with van der Waals surface area (Å²) in [6.07, 6.45) is 0. The topological polar surface area (TPSA) is 29.1 Å². The highest BCUT2D eigenvalue weighted by Gasteiger charge is 2.14. The largest absolute Gasteiger partial charge is 0.322 e. The Morgan fingerprint density at radius 2 is 1.70 bits per heavy atom. The monoisotopic (exact) mass is 287 g/mol. The molecule has 1 amide bonds. The number of benzene rings is 2. The summed E-state index contributed by atoms with van der Waals surface area (Å²) in [6, 6.07) is 14.8. The van der Waals surface area contributed by atoms with Gasteiger partial charge < -0.3 is 5.32 Å². The predicted molar refractivity (Wildman–Crippen MR) is 84.5 cm³/mol. The van der Waals surface area contributed by atoms with Gasteiger partial charge in [-0.2, -0.15) is 0 Å². The molecule has 2 rings (SSSR count). The molecule has 0 heterocycles. The number of amides is 1. The number of carbonyl (C=O) groups is 1. The SMILES string of the molecule is CC(C)(C)c1ccc(C(=O)Nc2cccc(Cl)c2)cc1. The van der Waals surface area contributed by atoms with E-state index in [4.69, 9.17) is 11.6 Å². The molecule has 0 aliphatic carbocycles. The lowest BCUT2D eigenvalue weighted by Gasteiger charge is -2.19. The average molecular weight is 288 g/mol. The number of hydrogen-bond acceptors (Lipinski definition) is 1. The summed E-state index contributed by atoms with van der Waals surface area (Å²) in [5.41, 5.74) is 2.62. The minimum absolute atomic E-state index is 0.0853. The van der Waals surface area contributed by atoms with Crippen molar-refractivity contribution in [3.63, 3.8) is 0 Å². The minimum Gasteiger partial charge on any atom is -0.322 e. The second-order valence-corrected chi connectivity index (χ2v) is 6.23. The van der Waals surface area contributed by atoms with Crippen molar-refractivity contribution in [2.24, 2.45) is 0 Å². The molecule has 0 saturated heterocycles. The van der Waals surface area contributed by atoms with Crippen molar-refractivity contribution >= 4 is 23.2 Å². The highest BCUT2D eigenvalue weighted by Crippen LogP contribution is 2.22. The summed E-state index contributed by atoms with van der Waals surface area (Å²) in [6.45, 7) is 6.44. The molecule has 0 fully saturated rings. The van der Waals surface area contributed by atoms with Crippen LogP contribution < -0.4 is 5.32 Å². The summed E-state index contributed by atoms with van der Waals surface area (Å²) in [4.78, 5) is 12.1. The third-order valence-corrected chi connectivity index (χ3v) is 3.33. The summed E-state index contributed by atoms with van der Waals surface area (Å²) in [7, 11) is 0. The number of carbonyl (C=O) groups excluding carboxylic acids is 1. The fourth-order valence-electron chi connectivity index (χ4n) is 1.89. The molecule has 0 aliphatic rings. The van der Waals surface area contributed by atoms with Crippen LogP contribution in [0.5, 0.6) is 0 Å². The van der Waals surface area contributed by atoms with E-state index in [1.54, 1.807) is 18.2 Å². The zero-order chi connectivity index (χ0) is 14.8. The fourth-order valence-corrected chi connectivity index (χ4v) is 2.08. The summed E-state index contributed by atoms with van der Waals surface area (Å²) in [5, 5.41) is 3.44. The Morgan fingerprint density at radius 1 is 1.05 bits per heavy atom. The molecule has 2 aromatic carbocycles. The van der Waals surface area contributed by atoms with Gasteiger partial charge in [-0.25, -0.2) is 0 Å². The van der Waals surface area contributed by atoms with Gasteiger partial charge in [-0.1, -0.05) is 50.6 Å². The van der Waals surface area contributed by atoms with Gasteiger partial charge in [-0.05, 0) is 41.3 Å². The van der Waals surface area contributed by atoms with Gasteiger partial charge in [0.15, 0.2) is 0 Å². The molecule has 0 radical (unpaired) electrons. The molecule has 2 nitrogen and oxygen atoms in total. The molecule has 0 spiro atoms. The van der Waals surface area contributed by atoms with Gasteiger partial charge in [0.2, 0.25) is 0 Å². The normalized spacial score (nSPS) is 11.2. The van der Waals surface area contributed by atoms with Crippen LogP contribution in [0, 0.1) is 0 Å². The number of hydrogen-bond donors (Lipinski definition) is 1. The predicted octanol–water partition coefficient (Wildman–Crippen LogP) is 4.89.